The van der Waals surface area contributed by atoms with Crippen LogP contribution in [0.15, 0.2) is 33.3 Å². The maximum Gasteiger partial charge on any atom is 0.0738 e. The van der Waals surface area contributed by atoms with Crippen LogP contribution in [-0.4, -0.2) is 4.57 Å². The summed E-state index contributed by atoms with van der Waals surface area (Å²) in [4.78, 5) is 0. The third-order valence-corrected chi connectivity index (χ3v) is 4.97. The van der Waals surface area contributed by atoms with Gasteiger partial charge in [0.1, 0.15) is 0 Å². The largest absolute Gasteiger partial charge is 0.324 e. The topological polar surface area (TPSA) is 30.9 Å². The summed E-state index contributed by atoms with van der Waals surface area (Å²) in [7, 11) is 0. The first-order chi connectivity index (χ1) is 9.08. The molecule has 100 valence electrons. The van der Waals surface area contributed by atoms with Gasteiger partial charge in [0.25, 0.3) is 0 Å². The number of benzene rings is 1. The highest BCUT2D eigenvalue weighted by atomic mass is 79.9. The Hall–Kier alpha value is -0.580. The van der Waals surface area contributed by atoms with Gasteiger partial charge in [-0.3, -0.25) is 0 Å². The van der Waals surface area contributed by atoms with E-state index in [1.54, 1.807) is 0 Å². The Kier molecular flexibility index (Phi) is 3.58. The van der Waals surface area contributed by atoms with E-state index in [1.165, 1.54) is 28.9 Å². The summed E-state index contributed by atoms with van der Waals surface area (Å²) in [6.07, 6.45) is 5.49. The summed E-state index contributed by atoms with van der Waals surface area (Å²) in [5, 5.41) is 0. The molecule has 0 saturated heterocycles. The second-order valence-electron chi connectivity index (χ2n) is 5.16. The van der Waals surface area contributed by atoms with Gasteiger partial charge in [-0.2, -0.15) is 0 Å². The van der Waals surface area contributed by atoms with Crippen molar-refractivity contribution in [3.05, 3.63) is 50.2 Å². The number of halogens is 2. The van der Waals surface area contributed by atoms with Gasteiger partial charge in [0, 0.05) is 26.9 Å². The minimum absolute atomic E-state index is 0.188. The summed E-state index contributed by atoms with van der Waals surface area (Å²) < 4.78 is 4.48. The van der Waals surface area contributed by atoms with E-state index < -0.39 is 0 Å². The fraction of sp³-hybridized carbons (Fsp3) is 0.333. The normalized spacial score (nSPS) is 18.4. The maximum atomic E-state index is 6.20. The first-order valence-corrected chi connectivity index (χ1v) is 8.08. The predicted molar refractivity (Wildman–Crippen MR) is 85.8 cm³/mol. The van der Waals surface area contributed by atoms with Crippen LogP contribution in [-0.2, 0) is 6.42 Å². The second kappa shape index (κ2) is 5.08. The van der Waals surface area contributed by atoms with Gasteiger partial charge in [-0.25, -0.2) is 0 Å². The van der Waals surface area contributed by atoms with Gasteiger partial charge in [-0.05, 0) is 87.4 Å². The minimum atomic E-state index is 0.188. The highest BCUT2D eigenvalue weighted by molar-refractivity contribution is 9.11. The Morgan fingerprint density at radius 2 is 1.95 bits per heavy atom. The lowest BCUT2D eigenvalue weighted by molar-refractivity contribution is 0.560. The predicted octanol–water partition coefficient (Wildman–Crippen LogP) is 4.65. The lowest BCUT2D eigenvalue weighted by Crippen LogP contribution is -2.18. The first kappa shape index (κ1) is 13.4. The Labute approximate surface area is 130 Å². The molecule has 2 nitrogen and oxygen atoms in total. The monoisotopic (exact) mass is 382 g/mol. The van der Waals surface area contributed by atoms with Crippen molar-refractivity contribution >= 4 is 31.9 Å². The number of nitrogens with zero attached hydrogens (tertiary/aromatic N) is 1. The summed E-state index contributed by atoms with van der Waals surface area (Å²) in [6.45, 7) is 2.10. The van der Waals surface area contributed by atoms with Crippen molar-refractivity contribution in [2.24, 2.45) is 5.73 Å². The molecule has 0 aliphatic heterocycles. The molecule has 0 saturated carbocycles. The Morgan fingerprint density at radius 3 is 2.63 bits per heavy atom. The van der Waals surface area contributed by atoms with E-state index in [9.17, 15) is 0 Å². The molecule has 1 aromatic heterocycles. The van der Waals surface area contributed by atoms with Crippen molar-refractivity contribution in [2.75, 3.05) is 0 Å². The number of rotatable bonds is 1. The van der Waals surface area contributed by atoms with Crippen LogP contribution in [0.3, 0.4) is 0 Å². The fourth-order valence-corrected chi connectivity index (χ4v) is 4.66. The Bertz CT molecular complexity index is 608. The molecule has 0 radical (unpaired) electrons. The summed E-state index contributed by atoms with van der Waals surface area (Å²) in [6, 6.07) is 6.65. The Balaban J connectivity index is 2.19. The van der Waals surface area contributed by atoms with Crippen LogP contribution >= 0.6 is 31.9 Å². The number of nitrogens with two attached hydrogens (primary N) is 1. The van der Waals surface area contributed by atoms with Crippen molar-refractivity contribution in [1.82, 2.24) is 4.57 Å². The average Bonchev–Trinajstić information content (AvgIpc) is 2.73. The molecule has 0 amide bonds. The van der Waals surface area contributed by atoms with Crippen molar-refractivity contribution in [2.45, 2.75) is 32.2 Å². The third kappa shape index (κ3) is 2.30. The van der Waals surface area contributed by atoms with Gasteiger partial charge in [0.15, 0.2) is 0 Å². The third-order valence-electron chi connectivity index (χ3n) is 3.76. The number of aryl methyl sites for hydroxylation is 1. The highest BCUT2D eigenvalue weighted by Crippen LogP contribution is 2.36. The van der Waals surface area contributed by atoms with Crippen LogP contribution in [0, 0.1) is 6.92 Å². The number of aromatic nitrogens is 1. The quantitative estimate of drug-likeness (QED) is 0.763. The molecule has 1 atom stereocenters. The SMILES string of the molecule is Cc1cc(Br)c(-n2ccc3c2CCCC3N)c(Br)c1. The number of hydrogen-bond acceptors (Lipinski definition) is 1. The van der Waals surface area contributed by atoms with Crippen LogP contribution in [0.4, 0.5) is 0 Å². The smallest absolute Gasteiger partial charge is 0.0738 e. The van der Waals surface area contributed by atoms with E-state index in [2.05, 4.69) is 67.7 Å². The zero-order valence-corrected chi connectivity index (χ0v) is 14.0. The van der Waals surface area contributed by atoms with Gasteiger partial charge in [0.2, 0.25) is 0 Å². The second-order valence-corrected chi connectivity index (χ2v) is 6.87. The van der Waals surface area contributed by atoms with Gasteiger partial charge < -0.3 is 10.3 Å². The van der Waals surface area contributed by atoms with Gasteiger partial charge in [-0.15, -0.1) is 0 Å². The molecule has 0 spiro atoms. The van der Waals surface area contributed by atoms with E-state index in [1.807, 2.05) is 0 Å². The van der Waals surface area contributed by atoms with Crippen LogP contribution in [0.25, 0.3) is 5.69 Å². The molecule has 1 unspecified atom stereocenters. The molecule has 1 heterocycles. The molecule has 2 N–H and O–H groups in total. The van der Waals surface area contributed by atoms with E-state index in [-0.39, 0.29) is 6.04 Å². The fourth-order valence-electron chi connectivity index (χ4n) is 2.86. The van der Waals surface area contributed by atoms with Crippen LogP contribution in [0.2, 0.25) is 0 Å². The molecule has 4 heteroatoms. The van der Waals surface area contributed by atoms with E-state index >= 15 is 0 Å². The lowest BCUT2D eigenvalue weighted by atomic mass is 9.93. The molecule has 3 rings (SSSR count). The van der Waals surface area contributed by atoms with E-state index in [0.29, 0.717) is 0 Å². The summed E-state index contributed by atoms with van der Waals surface area (Å²) in [5.74, 6) is 0. The van der Waals surface area contributed by atoms with E-state index in [4.69, 9.17) is 5.73 Å². The van der Waals surface area contributed by atoms with Crippen LogP contribution < -0.4 is 5.73 Å². The molecular formula is C15H16Br2N2. The zero-order chi connectivity index (χ0) is 13.6. The molecule has 1 aliphatic carbocycles. The maximum absolute atomic E-state index is 6.20. The number of fused-ring (bicyclic) bond motifs is 1. The van der Waals surface area contributed by atoms with Crippen molar-refractivity contribution in [1.29, 1.82) is 0 Å². The average molecular weight is 384 g/mol. The molecule has 1 aliphatic rings. The van der Waals surface area contributed by atoms with Gasteiger partial charge in [0.05, 0.1) is 5.69 Å². The summed E-state index contributed by atoms with van der Waals surface area (Å²) >= 11 is 7.36. The molecule has 0 bridgehead atoms. The highest BCUT2D eigenvalue weighted by Gasteiger charge is 2.22. The molecule has 2 aromatic rings. The lowest BCUT2D eigenvalue weighted by Gasteiger charge is -2.22. The van der Waals surface area contributed by atoms with Crippen molar-refractivity contribution in [3.63, 3.8) is 0 Å². The molecule has 19 heavy (non-hydrogen) atoms. The molecular weight excluding hydrogens is 368 g/mol. The first-order valence-electron chi connectivity index (χ1n) is 6.49. The molecule has 0 fully saturated rings. The van der Waals surface area contributed by atoms with Crippen molar-refractivity contribution < 1.29 is 0 Å². The molecule has 1 aromatic carbocycles. The summed E-state index contributed by atoms with van der Waals surface area (Å²) in [5.41, 5.74) is 11.3. The van der Waals surface area contributed by atoms with Crippen LogP contribution in [0.5, 0.6) is 0 Å². The van der Waals surface area contributed by atoms with E-state index in [0.717, 1.165) is 21.8 Å². The van der Waals surface area contributed by atoms with Gasteiger partial charge in [-0.1, -0.05) is 0 Å². The number of hydrogen-bond donors (Lipinski definition) is 1. The Morgan fingerprint density at radius 1 is 1.26 bits per heavy atom. The standard InChI is InChI=1S/C15H16Br2N2/c1-9-7-11(16)15(12(17)8-9)19-6-5-10-13(18)3-2-4-14(10)19/h5-8,13H,2-4,18H2,1H3. The van der Waals surface area contributed by atoms with Crippen LogP contribution in [0.1, 0.15) is 35.7 Å². The van der Waals surface area contributed by atoms with Crippen molar-refractivity contribution in [3.8, 4) is 5.69 Å². The van der Waals surface area contributed by atoms with Gasteiger partial charge >= 0.3 is 0 Å². The zero-order valence-electron chi connectivity index (χ0n) is 10.8. The minimum Gasteiger partial charge on any atom is -0.324 e.